The molecule has 0 amide bonds. The molecular formula is C15H23N3O. The summed E-state index contributed by atoms with van der Waals surface area (Å²) in [4.78, 5) is 6.84. The average molecular weight is 261 g/mol. The maximum absolute atomic E-state index is 6.08. The largest absolute Gasteiger partial charge is 0.375 e. The van der Waals surface area contributed by atoms with E-state index < -0.39 is 0 Å². The van der Waals surface area contributed by atoms with Crippen LogP contribution >= 0.6 is 0 Å². The fraction of sp³-hybridized carbons (Fsp3) is 0.667. The van der Waals surface area contributed by atoms with E-state index in [1.54, 1.807) is 0 Å². The summed E-state index contributed by atoms with van der Waals surface area (Å²) in [5, 5.41) is 0. The molecule has 1 aliphatic carbocycles. The van der Waals surface area contributed by atoms with Crippen molar-refractivity contribution >= 4 is 0 Å². The van der Waals surface area contributed by atoms with Gasteiger partial charge in [-0.1, -0.05) is 0 Å². The highest BCUT2D eigenvalue weighted by Gasteiger charge is 2.39. The second kappa shape index (κ2) is 5.57. The first-order valence-corrected chi connectivity index (χ1v) is 7.29. The summed E-state index contributed by atoms with van der Waals surface area (Å²) in [6, 6.07) is 2.90. The minimum Gasteiger partial charge on any atom is -0.375 e. The van der Waals surface area contributed by atoms with Crippen LogP contribution < -0.4 is 5.73 Å². The van der Waals surface area contributed by atoms with Crippen molar-refractivity contribution in [2.24, 2.45) is 5.73 Å². The zero-order valence-corrected chi connectivity index (χ0v) is 11.6. The van der Waals surface area contributed by atoms with E-state index >= 15 is 0 Å². The van der Waals surface area contributed by atoms with Crippen LogP contribution in [-0.4, -0.2) is 41.7 Å². The lowest BCUT2D eigenvalue weighted by molar-refractivity contribution is -0.0712. The summed E-state index contributed by atoms with van der Waals surface area (Å²) >= 11 is 0. The van der Waals surface area contributed by atoms with Gasteiger partial charge in [-0.3, -0.25) is 9.88 Å². The van der Waals surface area contributed by atoms with Crippen molar-refractivity contribution in [2.75, 3.05) is 19.7 Å². The van der Waals surface area contributed by atoms with Crippen LogP contribution in [0.2, 0.25) is 0 Å². The molecule has 3 unspecified atom stereocenters. The van der Waals surface area contributed by atoms with E-state index in [0.717, 1.165) is 13.2 Å². The van der Waals surface area contributed by atoms with Crippen LogP contribution in [0.4, 0.5) is 0 Å². The Morgan fingerprint density at radius 3 is 3.21 bits per heavy atom. The van der Waals surface area contributed by atoms with Gasteiger partial charge < -0.3 is 10.5 Å². The first-order chi connectivity index (χ1) is 9.31. The standard InChI is InChI=1S/C15H23N3O/c1-11-5-6-17-10-12(11)14(9-16)18-7-8-19-15-4-2-3-13(15)18/h5-6,10,13-15H,2-4,7-9,16H2,1H3. The van der Waals surface area contributed by atoms with Gasteiger partial charge in [-0.25, -0.2) is 0 Å². The van der Waals surface area contributed by atoms with E-state index in [1.165, 1.54) is 30.4 Å². The summed E-state index contributed by atoms with van der Waals surface area (Å²) in [6.07, 6.45) is 7.95. The second-order valence-corrected chi connectivity index (χ2v) is 5.63. The molecule has 1 aromatic rings. The van der Waals surface area contributed by atoms with Crippen molar-refractivity contribution in [3.63, 3.8) is 0 Å². The lowest BCUT2D eigenvalue weighted by atomic mass is 9.99. The summed E-state index contributed by atoms with van der Waals surface area (Å²) in [7, 11) is 0. The number of hydrogen-bond donors (Lipinski definition) is 1. The number of aromatic nitrogens is 1. The van der Waals surface area contributed by atoms with Gasteiger partial charge in [0.2, 0.25) is 0 Å². The molecule has 2 fully saturated rings. The minimum absolute atomic E-state index is 0.281. The lowest BCUT2D eigenvalue weighted by Crippen LogP contribution is -2.51. The molecule has 0 radical (unpaired) electrons. The Hall–Kier alpha value is -0.970. The van der Waals surface area contributed by atoms with Gasteiger partial charge >= 0.3 is 0 Å². The molecule has 2 heterocycles. The second-order valence-electron chi connectivity index (χ2n) is 5.63. The highest BCUT2D eigenvalue weighted by Crippen LogP contribution is 2.35. The van der Waals surface area contributed by atoms with E-state index in [-0.39, 0.29) is 6.04 Å². The molecule has 4 heteroatoms. The summed E-state index contributed by atoms with van der Waals surface area (Å²) in [5.41, 5.74) is 8.64. The SMILES string of the molecule is Cc1ccncc1C(CN)N1CCOC2CCCC21. The summed E-state index contributed by atoms with van der Waals surface area (Å²) in [5.74, 6) is 0. The Kier molecular flexibility index (Phi) is 3.82. The summed E-state index contributed by atoms with van der Waals surface area (Å²) < 4.78 is 5.89. The molecule has 0 spiro atoms. The number of nitrogens with two attached hydrogens (primary N) is 1. The Bertz CT molecular complexity index is 437. The minimum atomic E-state index is 0.281. The van der Waals surface area contributed by atoms with Gasteiger partial charge in [0.1, 0.15) is 0 Å². The van der Waals surface area contributed by atoms with Crippen LogP contribution in [0.25, 0.3) is 0 Å². The first-order valence-electron chi connectivity index (χ1n) is 7.29. The third-order valence-corrected chi connectivity index (χ3v) is 4.59. The molecule has 19 heavy (non-hydrogen) atoms. The van der Waals surface area contributed by atoms with E-state index in [1.807, 2.05) is 12.4 Å². The van der Waals surface area contributed by atoms with Crippen molar-refractivity contribution in [2.45, 2.75) is 44.4 Å². The van der Waals surface area contributed by atoms with Crippen molar-refractivity contribution < 1.29 is 4.74 Å². The lowest BCUT2D eigenvalue weighted by Gasteiger charge is -2.42. The predicted molar refractivity (Wildman–Crippen MR) is 74.9 cm³/mol. The van der Waals surface area contributed by atoms with Crippen LogP contribution in [0.15, 0.2) is 18.5 Å². The Morgan fingerprint density at radius 1 is 1.53 bits per heavy atom. The number of nitrogens with zero attached hydrogens (tertiary/aromatic N) is 2. The zero-order valence-electron chi connectivity index (χ0n) is 11.6. The van der Waals surface area contributed by atoms with Gasteiger partial charge in [0.25, 0.3) is 0 Å². The fourth-order valence-electron chi connectivity index (χ4n) is 3.61. The molecule has 0 aromatic carbocycles. The van der Waals surface area contributed by atoms with Gasteiger partial charge in [0.15, 0.2) is 0 Å². The first kappa shape index (κ1) is 13.0. The van der Waals surface area contributed by atoms with Crippen molar-refractivity contribution in [3.05, 3.63) is 29.6 Å². The predicted octanol–water partition coefficient (Wildman–Crippen LogP) is 1.64. The molecular weight excluding hydrogens is 238 g/mol. The van der Waals surface area contributed by atoms with Crippen LogP contribution in [0.3, 0.4) is 0 Å². The maximum atomic E-state index is 6.08. The van der Waals surface area contributed by atoms with E-state index in [4.69, 9.17) is 10.5 Å². The molecule has 3 rings (SSSR count). The smallest absolute Gasteiger partial charge is 0.0731 e. The Morgan fingerprint density at radius 2 is 2.42 bits per heavy atom. The van der Waals surface area contributed by atoms with Crippen LogP contribution in [0, 0.1) is 6.92 Å². The van der Waals surface area contributed by atoms with E-state index in [0.29, 0.717) is 18.7 Å². The van der Waals surface area contributed by atoms with Gasteiger partial charge in [0, 0.05) is 37.6 Å². The molecule has 2 aliphatic rings. The fourth-order valence-corrected chi connectivity index (χ4v) is 3.61. The van der Waals surface area contributed by atoms with Gasteiger partial charge in [-0.05, 0) is 43.4 Å². The number of pyridine rings is 1. The molecule has 3 atom stereocenters. The molecule has 1 aromatic heterocycles. The van der Waals surface area contributed by atoms with Crippen molar-refractivity contribution in [1.29, 1.82) is 0 Å². The monoisotopic (exact) mass is 261 g/mol. The number of fused-ring (bicyclic) bond motifs is 1. The normalized spacial score (nSPS) is 29.2. The zero-order chi connectivity index (χ0) is 13.2. The average Bonchev–Trinajstić information content (AvgIpc) is 2.91. The van der Waals surface area contributed by atoms with Crippen LogP contribution in [0.1, 0.15) is 36.4 Å². The number of ether oxygens (including phenoxy) is 1. The number of rotatable bonds is 3. The molecule has 1 saturated heterocycles. The Labute approximate surface area is 115 Å². The van der Waals surface area contributed by atoms with E-state index in [9.17, 15) is 0 Å². The molecule has 1 saturated carbocycles. The van der Waals surface area contributed by atoms with Crippen molar-refractivity contribution in [1.82, 2.24) is 9.88 Å². The van der Waals surface area contributed by atoms with Gasteiger partial charge in [-0.2, -0.15) is 0 Å². The highest BCUT2D eigenvalue weighted by atomic mass is 16.5. The molecule has 104 valence electrons. The molecule has 2 N–H and O–H groups in total. The third-order valence-electron chi connectivity index (χ3n) is 4.59. The number of hydrogen-bond acceptors (Lipinski definition) is 4. The number of morpholine rings is 1. The molecule has 1 aliphatic heterocycles. The topological polar surface area (TPSA) is 51.4 Å². The Balaban J connectivity index is 1.87. The summed E-state index contributed by atoms with van der Waals surface area (Å²) in [6.45, 7) is 4.61. The quantitative estimate of drug-likeness (QED) is 0.899. The van der Waals surface area contributed by atoms with Crippen LogP contribution in [-0.2, 0) is 4.74 Å². The van der Waals surface area contributed by atoms with Gasteiger partial charge in [-0.15, -0.1) is 0 Å². The molecule has 4 nitrogen and oxygen atoms in total. The van der Waals surface area contributed by atoms with Crippen molar-refractivity contribution in [3.8, 4) is 0 Å². The molecule has 0 bridgehead atoms. The van der Waals surface area contributed by atoms with Gasteiger partial charge in [0.05, 0.1) is 12.7 Å². The van der Waals surface area contributed by atoms with E-state index in [2.05, 4.69) is 22.9 Å². The third kappa shape index (κ3) is 2.40. The number of aryl methyl sites for hydroxylation is 1. The van der Waals surface area contributed by atoms with Crippen LogP contribution in [0.5, 0.6) is 0 Å². The highest BCUT2D eigenvalue weighted by molar-refractivity contribution is 5.26. The maximum Gasteiger partial charge on any atom is 0.0731 e.